The summed E-state index contributed by atoms with van der Waals surface area (Å²) >= 11 is 6.04. The second-order valence-electron chi connectivity index (χ2n) is 5.55. The van der Waals surface area contributed by atoms with Crippen LogP contribution in [0.1, 0.15) is 74.6 Å². The van der Waals surface area contributed by atoms with Gasteiger partial charge in [0.2, 0.25) is 0 Å². The molecule has 1 aromatic rings. The predicted octanol–water partition coefficient (Wildman–Crippen LogP) is 4.39. The van der Waals surface area contributed by atoms with Crippen molar-refractivity contribution >= 4 is 11.6 Å². The van der Waals surface area contributed by atoms with Gasteiger partial charge in [0.1, 0.15) is 0 Å². The highest BCUT2D eigenvalue weighted by Gasteiger charge is 2.31. The summed E-state index contributed by atoms with van der Waals surface area (Å²) in [5.41, 5.74) is 2.74. The SMILES string of the molecule is ClCc1cnn(C2CCCCCC2)c1C1CC1. The van der Waals surface area contributed by atoms with Gasteiger partial charge in [0, 0.05) is 17.2 Å². The summed E-state index contributed by atoms with van der Waals surface area (Å²) in [5.74, 6) is 1.38. The van der Waals surface area contributed by atoms with Crippen LogP contribution < -0.4 is 0 Å². The van der Waals surface area contributed by atoms with E-state index in [4.69, 9.17) is 11.6 Å². The molecule has 1 aromatic heterocycles. The zero-order valence-electron chi connectivity index (χ0n) is 10.4. The van der Waals surface area contributed by atoms with E-state index in [1.807, 2.05) is 6.20 Å². The Labute approximate surface area is 108 Å². The molecule has 2 fully saturated rings. The minimum atomic E-state index is 0.624. The van der Waals surface area contributed by atoms with E-state index in [1.54, 1.807) is 0 Å². The molecule has 0 aliphatic heterocycles. The molecule has 0 spiro atoms. The lowest BCUT2D eigenvalue weighted by Gasteiger charge is -2.18. The Hall–Kier alpha value is -0.500. The molecule has 0 N–H and O–H groups in total. The van der Waals surface area contributed by atoms with Gasteiger partial charge in [0.05, 0.1) is 18.1 Å². The van der Waals surface area contributed by atoms with Crippen LogP contribution in [0.15, 0.2) is 6.20 Å². The van der Waals surface area contributed by atoms with Crippen molar-refractivity contribution in [3.05, 3.63) is 17.5 Å². The van der Waals surface area contributed by atoms with Gasteiger partial charge >= 0.3 is 0 Å². The van der Waals surface area contributed by atoms with Crippen molar-refractivity contribution in [2.24, 2.45) is 0 Å². The third-order valence-corrected chi connectivity index (χ3v) is 4.48. The van der Waals surface area contributed by atoms with Crippen molar-refractivity contribution in [3.8, 4) is 0 Å². The van der Waals surface area contributed by atoms with Crippen LogP contribution in [-0.2, 0) is 5.88 Å². The summed E-state index contributed by atoms with van der Waals surface area (Å²) < 4.78 is 2.33. The van der Waals surface area contributed by atoms with E-state index in [9.17, 15) is 0 Å². The van der Waals surface area contributed by atoms with Gasteiger partial charge in [-0.15, -0.1) is 11.6 Å². The Kier molecular flexibility index (Phi) is 3.41. The molecular formula is C14H21ClN2. The molecule has 0 atom stereocenters. The molecule has 2 nitrogen and oxygen atoms in total. The van der Waals surface area contributed by atoms with E-state index in [0.717, 1.165) is 5.92 Å². The normalized spacial score (nSPS) is 22.6. The lowest BCUT2D eigenvalue weighted by atomic mass is 10.1. The minimum Gasteiger partial charge on any atom is -0.266 e. The highest BCUT2D eigenvalue weighted by Crippen LogP contribution is 2.44. The van der Waals surface area contributed by atoms with Gasteiger partial charge in [0.15, 0.2) is 0 Å². The highest BCUT2D eigenvalue weighted by molar-refractivity contribution is 6.17. The monoisotopic (exact) mass is 252 g/mol. The minimum absolute atomic E-state index is 0.624. The first-order chi connectivity index (χ1) is 8.40. The first-order valence-corrected chi connectivity index (χ1v) is 7.56. The average molecular weight is 253 g/mol. The van der Waals surface area contributed by atoms with Crippen LogP contribution in [-0.4, -0.2) is 9.78 Å². The molecule has 17 heavy (non-hydrogen) atoms. The molecule has 0 amide bonds. The molecular weight excluding hydrogens is 232 g/mol. The fourth-order valence-corrected chi connectivity index (χ4v) is 3.32. The Morgan fingerprint density at radius 1 is 1.12 bits per heavy atom. The van der Waals surface area contributed by atoms with Crippen molar-refractivity contribution in [3.63, 3.8) is 0 Å². The molecule has 0 saturated heterocycles. The number of rotatable bonds is 3. The van der Waals surface area contributed by atoms with Crippen LogP contribution in [0.5, 0.6) is 0 Å². The zero-order chi connectivity index (χ0) is 11.7. The van der Waals surface area contributed by atoms with Gasteiger partial charge in [-0.25, -0.2) is 0 Å². The van der Waals surface area contributed by atoms with Crippen LogP contribution in [0.4, 0.5) is 0 Å². The smallest absolute Gasteiger partial charge is 0.0537 e. The number of alkyl halides is 1. The van der Waals surface area contributed by atoms with Crippen LogP contribution in [0.3, 0.4) is 0 Å². The first kappa shape index (κ1) is 11.6. The number of hydrogen-bond donors (Lipinski definition) is 0. The molecule has 3 rings (SSSR count). The lowest BCUT2D eigenvalue weighted by molar-refractivity contribution is 0.393. The van der Waals surface area contributed by atoms with Crippen LogP contribution >= 0.6 is 11.6 Å². The summed E-state index contributed by atoms with van der Waals surface area (Å²) in [4.78, 5) is 0. The third-order valence-electron chi connectivity index (χ3n) is 4.19. The maximum atomic E-state index is 6.04. The number of nitrogens with zero attached hydrogens (tertiary/aromatic N) is 2. The molecule has 0 aromatic carbocycles. The van der Waals surface area contributed by atoms with Gasteiger partial charge in [-0.05, 0) is 25.7 Å². The third kappa shape index (κ3) is 2.37. The van der Waals surface area contributed by atoms with Crippen LogP contribution in [0, 0.1) is 0 Å². The molecule has 3 heteroatoms. The van der Waals surface area contributed by atoms with E-state index < -0.39 is 0 Å². The number of aromatic nitrogens is 2. The largest absolute Gasteiger partial charge is 0.266 e. The number of hydrogen-bond acceptors (Lipinski definition) is 1. The fourth-order valence-electron chi connectivity index (χ4n) is 3.11. The zero-order valence-corrected chi connectivity index (χ0v) is 11.1. The standard InChI is InChI=1S/C14H21ClN2/c15-9-12-10-16-17(14(12)11-7-8-11)13-5-3-1-2-4-6-13/h10-11,13H,1-9H2. The molecule has 0 bridgehead atoms. The summed E-state index contributed by atoms with van der Waals surface area (Å²) in [6.45, 7) is 0. The lowest BCUT2D eigenvalue weighted by Crippen LogP contribution is -2.13. The second kappa shape index (κ2) is 5.01. The molecule has 0 radical (unpaired) electrons. The summed E-state index contributed by atoms with van der Waals surface area (Å²) in [6.07, 6.45) is 12.8. The van der Waals surface area contributed by atoms with Crippen molar-refractivity contribution in [2.45, 2.75) is 69.2 Å². The highest BCUT2D eigenvalue weighted by atomic mass is 35.5. The first-order valence-electron chi connectivity index (χ1n) is 7.02. The van der Waals surface area contributed by atoms with Crippen molar-refractivity contribution in [1.29, 1.82) is 0 Å². The molecule has 2 saturated carbocycles. The molecule has 94 valence electrons. The molecule has 0 unspecified atom stereocenters. The van der Waals surface area contributed by atoms with E-state index >= 15 is 0 Å². The fraction of sp³-hybridized carbons (Fsp3) is 0.786. The summed E-state index contributed by atoms with van der Waals surface area (Å²) in [5, 5.41) is 4.65. The van der Waals surface area contributed by atoms with Crippen molar-refractivity contribution < 1.29 is 0 Å². The molecule has 1 heterocycles. The Bertz CT molecular complexity index is 374. The van der Waals surface area contributed by atoms with Gasteiger partial charge < -0.3 is 0 Å². The molecule has 2 aliphatic rings. The van der Waals surface area contributed by atoms with E-state index in [2.05, 4.69) is 9.78 Å². The second-order valence-corrected chi connectivity index (χ2v) is 5.82. The van der Waals surface area contributed by atoms with Crippen molar-refractivity contribution in [1.82, 2.24) is 9.78 Å². The van der Waals surface area contributed by atoms with Gasteiger partial charge in [-0.1, -0.05) is 25.7 Å². The predicted molar refractivity (Wildman–Crippen MR) is 70.5 cm³/mol. The summed E-state index contributed by atoms with van der Waals surface area (Å²) in [6, 6.07) is 0.644. The van der Waals surface area contributed by atoms with Gasteiger partial charge in [0.25, 0.3) is 0 Å². The quantitative estimate of drug-likeness (QED) is 0.576. The van der Waals surface area contributed by atoms with Crippen molar-refractivity contribution in [2.75, 3.05) is 0 Å². The van der Waals surface area contributed by atoms with Crippen LogP contribution in [0.2, 0.25) is 0 Å². The van der Waals surface area contributed by atoms with E-state index in [1.165, 1.54) is 62.6 Å². The number of halogens is 1. The Morgan fingerprint density at radius 2 is 1.82 bits per heavy atom. The van der Waals surface area contributed by atoms with E-state index in [-0.39, 0.29) is 0 Å². The van der Waals surface area contributed by atoms with E-state index in [0.29, 0.717) is 11.9 Å². The maximum absolute atomic E-state index is 6.04. The average Bonchev–Trinajstić information content (AvgIpc) is 3.14. The van der Waals surface area contributed by atoms with Crippen LogP contribution in [0.25, 0.3) is 0 Å². The molecule has 2 aliphatic carbocycles. The Balaban J connectivity index is 1.87. The maximum Gasteiger partial charge on any atom is 0.0537 e. The summed E-state index contributed by atoms with van der Waals surface area (Å²) in [7, 11) is 0. The van der Waals surface area contributed by atoms with Gasteiger partial charge in [-0.2, -0.15) is 5.10 Å². The van der Waals surface area contributed by atoms with Gasteiger partial charge in [-0.3, -0.25) is 4.68 Å². The topological polar surface area (TPSA) is 17.8 Å². The Morgan fingerprint density at radius 3 is 2.41 bits per heavy atom.